The molecule has 6 nitrogen and oxygen atoms in total. The van der Waals surface area contributed by atoms with Gasteiger partial charge in [0.1, 0.15) is 10.8 Å². The highest BCUT2D eigenvalue weighted by molar-refractivity contribution is 7.89. The van der Waals surface area contributed by atoms with E-state index in [0.717, 1.165) is 0 Å². The number of benzene rings is 1. The molecule has 1 fully saturated rings. The average molecular weight is 459 g/mol. The van der Waals surface area contributed by atoms with Crippen molar-refractivity contribution in [2.45, 2.75) is 63.0 Å². The Morgan fingerprint density at radius 1 is 1.14 bits per heavy atom. The molecule has 29 heavy (non-hydrogen) atoms. The van der Waals surface area contributed by atoms with Crippen molar-refractivity contribution in [2.24, 2.45) is 5.92 Å². The predicted octanol–water partition coefficient (Wildman–Crippen LogP) is 4.72. The predicted molar refractivity (Wildman–Crippen MR) is 114 cm³/mol. The average Bonchev–Trinajstić information content (AvgIpc) is 2.63. The van der Waals surface area contributed by atoms with Crippen molar-refractivity contribution < 1.29 is 17.9 Å². The van der Waals surface area contributed by atoms with Gasteiger partial charge in [0.25, 0.3) is 0 Å². The number of esters is 1. The Kier molecular flexibility index (Phi) is 6.44. The van der Waals surface area contributed by atoms with Crippen molar-refractivity contribution in [3.63, 3.8) is 0 Å². The second kappa shape index (κ2) is 8.38. The van der Waals surface area contributed by atoms with Crippen molar-refractivity contribution in [2.75, 3.05) is 0 Å². The summed E-state index contributed by atoms with van der Waals surface area (Å²) in [5.41, 5.74) is -0.523. The summed E-state index contributed by atoms with van der Waals surface area (Å²) in [6, 6.07) is 4.37. The minimum Gasteiger partial charge on any atom is -0.460 e. The van der Waals surface area contributed by atoms with E-state index in [1.54, 1.807) is 6.07 Å². The fourth-order valence-corrected chi connectivity index (χ4v) is 5.19. The molecule has 1 aliphatic rings. The summed E-state index contributed by atoms with van der Waals surface area (Å²) < 4.78 is 33.9. The van der Waals surface area contributed by atoms with E-state index >= 15 is 0 Å². The van der Waals surface area contributed by atoms with Gasteiger partial charge in [-0.05, 0) is 58.6 Å². The number of fused-ring (bicyclic) bond motifs is 1. The largest absolute Gasteiger partial charge is 0.460 e. The smallest absolute Gasteiger partial charge is 0.309 e. The number of aromatic nitrogens is 1. The molecule has 0 saturated heterocycles. The van der Waals surface area contributed by atoms with Gasteiger partial charge in [0.2, 0.25) is 10.0 Å². The Morgan fingerprint density at radius 2 is 1.79 bits per heavy atom. The first kappa shape index (κ1) is 22.3. The van der Waals surface area contributed by atoms with E-state index in [4.69, 9.17) is 27.9 Å². The molecular weight excluding hydrogens is 435 g/mol. The zero-order valence-electron chi connectivity index (χ0n) is 16.5. The lowest BCUT2D eigenvalue weighted by Gasteiger charge is -2.30. The van der Waals surface area contributed by atoms with Gasteiger partial charge in [-0.1, -0.05) is 29.3 Å². The number of carbonyl (C=O) groups excluding carboxylic acids is 1. The van der Waals surface area contributed by atoms with E-state index in [0.29, 0.717) is 41.5 Å². The highest BCUT2D eigenvalue weighted by Crippen LogP contribution is 2.31. The zero-order chi connectivity index (χ0) is 21.4. The van der Waals surface area contributed by atoms with Gasteiger partial charge in [0, 0.05) is 23.0 Å². The molecule has 0 spiro atoms. The van der Waals surface area contributed by atoms with Crippen LogP contribution in [0, 0.1) is 5.92 Å². The van der Waals surface area contributed by atoms with Gasteiger partial charge >= 0.3 is 5.97 Å². The molecule has 3 rings (SSSR count). The molecule has 0 radical (unpaired) electrons. The van der Waals surface area contributed by atoms with Crippen molar-refractivity contribution in [1.29, 1.82) is 0 Å². The molecule has 0 bridgehead atoms. The molecule has 0 aliphatic heterocycles. The third kappa shape index (κ3) is 5.40. The standard InChI is InChI=1S/C20H24Cl2N2O4S/c1-20(2,3)28-19(25)12-4-6-13(7-5-12)24-29(26,27)14-8-9-15-16(10-14)18(22)23-11-17(15)21/h8-13,24H,4-7H2,1-3H3/t12-,13+. The monoisotopic (exact) mass is 458 g/mol. The first-order valence-corrected chi connectivity index (χ1v) is 11.7. The molecule has 1 N–H and O–H groups in total. The molecule has 1 heterocycles. The van der Waals surface area contributed by atoms with E-state index < -0.39 is 15.6 Å². The maximum atomic E-state index is 12.8. The number of ether oxygens (including phenoxy) is 1. The number of hydrogen-bond acceptors (Lipinski definition) is 5. The SMILES string of the molecule is CC(C)(C)OC(=O)[C@H]1CC[C@@H](NS(=O)(=O)c2ccc3c(Cl)cnc(Cl)c3c2)CC1. The first-order chi connectivity index (χ1) is 13.5. The normalized spacial score (nSPS) is 20.6. The van der Waals surface area contributed by atoms with Gasteiger partial charge in [0.05, 0.1) is 15.8 Å². The topological polar surface area (TPSA) is 85.4 Å². The fourth-order valence-electron chi connectivity index (χ4n) is 3.44. The van der Waals surface area contributed by atoms with Crippen molar-refractivity contribution in [3.05, 3.63) is 34.6 Å². The van der Waals surface area contributed by atoms with Gasteiger partial charge in [0.15, 0.2) is 0 Å². The number of rotatable bonds is 4. The van der Waals surface area contributed by atoms with Crippen LogP contribution < -0.4 is 4.72 Å². The summed E-state index contributed by atoms with van der Waals surface area (Å²) >= 11 is 12.2. The molecule has 1 aliphatic carbocycles. The third-order valence-corrected chi connectivity index (χ3v) is 6.98. The highest BCUT2D eigenvalue weighted by atomic mass is 35.5. The van der Waals surface area contributed by atoms with Gasteiger partial charge in [-0.3, -0.25) is 4.79 Å². The lowest BCUT2D eigenvalue weighted by atomic mass is 9.86. The minimum atomic E-state index is -3.74. The van der Waals surface area contributed by atoms with Crippen LogP contribution in [0.4, 0.5) is 0 Å². The van der Waals surface area contributed by atoms with Crippen LogP contribution >= 0.6 is 23.2 Å². The first-order valence-electron chi connectivity index (χ1n) is 9.45. The van der Waals surface area contributed by atoms with Crippen LogP contribution in [0.2, 0.25) is 10.2 Å². The number of pyridine rings is 1. The summed E-state index contributed by atoms with van der Waals surface area (Å²) in [6.45, 7) is 5.51. The number of carbonyl (C=O) groups is 1. The van der Waals surface area contributed by atoms with Crippen LogP contribution in [0.5, 0.6) is 0 Å². The number of nitrogens with zero attached hydrogens (tertiary/aromatic N) is 1. The molecular formula is C20H24Cl2N2O4S. The molecule has 1 aromatic heterocycles. The number of sulfonamides is 1. The summed E-state index contributed by atoms with van der Waals surface area (Å²) in [7, 11) is -3.74. The van der Waals surface area contributed by atoms with Gasteiger partial charge in [-0.25, -0.2) is 18.1 Å². The summed E-state index contributed by atoms with van der Waals surface area (Å²) in [4.78, 5) is 16.3. The van der Waals surface area contributed by atoms with Gasteiger partial charge in [-0.15, -0.1) is 0 Å². The van der Waals surface area contributed by atoms with Crippen LogP contribution in [0.3, 0.4) is 0 Å². The van der Waals surface area contributed by atoms with Crippen molar-refractivity contribution in [3.8, 4) is 0 Å². The lowest BCUT2D eigenvalue weighted by molar-refractivity contribution is -0.161. The molecule has 0 unspecified atom stereocenters. The van der Waals surface area contributed by atoms with Crippen LogP contribution in [-0.4, -0.2) is 31.0 Å². The van der Waals surface area contributed by atoms with Gasteiger partial charge in [-0.2, -0.15) is 0 Å². The molecule has 158 valence electrons. The number of nitrogens with one attached hydrogen (secondary N) is 1. The van der Waals surface area contributed by atoms with Crippen LogP contribution in [-0.2, 0) is 19.6 Å². The molecule has 1 aromatic carbocycles. The van der Waals surface area contributed by atoms with Crippen molar-refractivity contribution >= 4 is 50.0 Å². The number of halogens is 2. The van der Waals surface area contributed by atoms with E-state index in [1.165, 1.54) is 18.3 Å². The van der Waals surface area contributed by atoms with Crippen LogP contribution in [0.25, 0.3) is 10.8 Å². The van der Waals surface area contributed by atoms with Crippen molar-refractivity contribution in [1.82, 2.24) is 9.71 Å². The summed E-state index contributed by atoms with van der Waals surface area (Å²) in [5, 5.41) is 1.72. The molecule has 9 heteroatoms. The maximum absolute atomic E-state index is 12.8. The quantitative estimate of drug-likeness (QED) is 0.528. The van der Waals surface area contributed by atoms with E-state index in [9.17, 15) is 13.2 Å². The second-order valence-electron chi connectivity index (χ2n) is 8.31. The number of hydrogen-bond donors (Lipinski definition) is 1. The molecule has 0 amide bonds. The van der Waals surface area contributed by atoms with Crippen LogP contribution in [0.1, 0.15) is 46.5 Å². The molecule has 1 saturated carbocycles. The third-order valence-electron chi connectivity index (χ3n) is 4.86. The molecule has 2 aromatic rings. The van der Waals surface area contributed by atoms with Crippen LogP contribution in [0.15, 0.2) is 29.3 Å². The summed E-state index contributed by atoms with van der Waals surface area (Å²) in [5.74, 6) is -0.407. The Hall–Kier alpha value is -1.41. The Bertz CT molecular complexity index is 1030. The van der Waals surface area contributed by atoms with Gasteiger partial charge < -0.3 is 4.74 Å². The highest BCUT2D eigenvalue weighted by Gasteiger charge is 2.31. The zero-order valence-corrected chi connectivity index (χ0v) is 18.9. The second-order valence-corrected chi connectivity index (χ2v) is 10.8. The van der Waals surface area contributed by atoms with E-state index in [2.05, 4.69) is 9.71 Å². The Labute approximate surface area is 181 Å². The Balaban J connectivity index is 1.69. The summed E-state index contributed by atoms with van der Waals surface area (Å²) in [6.07, 6.45) is 3.76. The fraction of sp³-hybridized carbons (Fsp3) is 0.500. The van der Waals surface area contributed by atoms with E-state index in [1.807, 2.05) is 20.8 Å². The lowest BCUT2D eigenvalue weighted by Crippen LogP contribution is -2.39. The molecule has 0 atom stereocenters. The Morgan fingerprint density at radius 3 is 2.41 bits per heavy atom. The maximum Gasteiger partial charge on any atom is 0.309 e. The minimum absolute atomic E-state index is 0.102. The van der Waals surface area contributed by atoms with E-state index in [-0.39, 0.29) is 28.0 Å².